The van der Waals surface area contributed by atoms with Crippen LogP contribution >= 0.6 is 0 Å². The quantitative estimate of drug-likeness (QED) is 0.160. The molecule has 0 amide bonds. The molecule has 0 saturated heterocycles. The van der Waals surface area contributed by atoms with Crippen molar-refractivity contribution in [1.29, 1.82) is 0 Å². The van der Waals surface area contributed by atoms with Crippen molar-refractivity contribution in [3.63, 3.8) is 0 Å². The summed E-state index contributed by atoms with van der Waals surface area (Å²) in [6.07, 6.45) is 0. The first-order valence-corrected chi connectivity index (χ1v) is 13.9. The van der Waals surface area contributed by atoms with Crippen LogP contribution in [0.2, 0.25) is 0 Å². The number of nitrogens with zero attached hydrogens (tertiary/aromatic N) is 1. The molecule has 8 aromatic rings. The van der Waals surface area contributed by atoms with Crippen LogP contribution in [0.5, 0.6) is 0 Å². The van der Waals surface area contributed by atoms with Gasteiger partial charge in [0.15, 0.2) is 0 Å². The molecule has 0 spiro atoms. The van der Waals surface area contributed by atoms with Gasteiger partial charge in [-0.1, -0.05) is 103 Å². The number of rotatable bonds is 3. The van der Waals surface area contributed by atoms with Gasteiger partial charge < -0.3 is 0 Å². The molecule has 3 heteroatoms. The summed E-state index contributed by atoms with van der Waals surface area (Å²) in [6.45, 7) is 0. The van der Waals surface area contributed by atoms with Crippen molar-refractivity contribution in [1.82, 2.24) is 4.98 Å². The van der Waals surface area contributed by atoms with Gasteiger partial charge in [-0.2, -0.15) is 0 Å². The number of hydrogen-bond acceptors (Lipinski definition) is 1. The Morgan fingerprint density at radius 2 is 0.810 bits per heavy atom. The van der Waals surface area contributed by atoms with E-state index >= 15 is 0 Å². The number of fused-ring (bicyclic) bond motifs is 5. The van der Waals surface area contributed by atoms with E-state index in [0.29, 0.717) is 0 Å². The predicted molar refractivity (Wildman–Crippen MR) is 170 cm³/mol. The van der Waals surface area contributed by atoms with E-state index in [2.05, 4.69) is 60.7 Å². The first-order valence-electron chi connectivity index (χ1n) is 13.9. The van der Waals surface area contributed by atoms with Gasteiger partial charge in [0.05, 0.1) is 11.2 Å². The highest BCUT2D eigenvalue weighted by atomic mass is 19.1. The third-order valence-corrected chi connectivity index (χ3v) is 8.17. The van der Waals surface area contributed by atoms with Crippen LogP contribution in [-0.2, 0) is 0 Å². The van der Waals surface area contributed by atoms with Crippen molar-refractivity contribution < 1.29 is 8.78 Å². The Balaban J connectivity index is 1.52. The van der Waals surface area contributed by atoms with E-state index in [-0.39, 0.29) is 11.6 Å². The lowest BCUT2D eigenvalue weighted by atomic mass is 9.85. The molecule has 0 saturated carbocycles. The summed E-state index contributed by atoms with van der Waals surface area (Å²) in [5.74, 6) is -0.547. The smallest absolute Gasteiger partial charge is 0.123 e. The maximum absolute atomic E-state index is 14.1. The zero-order valence-corrected chi connectivity index (χ0v) is 22.5. The van der Waals surface area contributed by atoms with Crippen LogP contribution in [0.1, 0.15) is 0 Å². The molecule has 0 aliphatic carbocycles. The van der Waals surface area contributed by atoms with Crippen molar-refractivity contribution in [3.8, 4) is 33.5 Å². The summed E-state index contributed by atoms with van der Waals surface area (Å²) in [5, 5.41) is 7.52. The molecule has 7 aromatic carbocycles. The highest BCUT2D eigenvalue weighted by Gasteiger charge is 2.19. The van der Waals surface area contributed by atoms with Gasteiger partial charge in [0.1, 0.15) is 11.6 Å². The number of pyridine rings is 1. The van der Waals surface area contributed by atoms with E-state index < -0.39 is 0 Å². The van der Waals surface area contributed by atoms with Crippen LogP contribution in [0.4, 0.5) is 8.78 Å². The Hall–Kier alpha value is -5.41. The van der Waals surface area contributed by atoms with Crippen molar-refractivity contribution in [2.45, 2.75) is 0 Å². The predicted octanol–water partition coefficient (Wildman–Crippen LogP) is 11.0. The van der Waals surface area contributed by atoms with Crippen LogP contribution in [0, 0.1) is 11.6 Å². The van der Waals surface area contributed by atoms with Crippen molar-refractivity contribution in [2.24, 2.45) is 0 Å². The minimum absolute atomic E-state index is 0.271. The van der Waals surface area contributed by atoms with Crippen LogP contribution in [0.15, 0.2) is 140 Å². The molecule has 0 atom stereocenters. The van der Waals surface area contributed by atoms with Crippen LogP contribution in [-0.4, -0.2) is 4.98 Å². The first kappa shape index (κ1) is 24.4. The molecule has 0 fully saturated rings. The van der Waals surface area contributed by atoms with Gasteiger partial charge in [-0.15, -0.1) is 0 Å². The average Bonchev–Trinajstić information content (AvgIpc) is 3.04. The maximum Gasteiger partial charge on any atom is 0.123 e. The third-order valence-electron chi connectivity index (χ3n) is 8.17. The van der Waals surface area contributed by atoms with E-state index in [9.17, 15) is 8.78 Å². The van der Waals surface area contributed by atoms with Crippen molar-refractivity contribution >= 4 is 43.2 Å². The summed E-state index contributed by atoms with van der Waals surface area (Å²) in [4.78, 5) is 5.16. The molecule has 42 heavy (non-hydrogen) atoms. The SMILES string of the molecule is Fc1ccc(-c2c3ccccc3c(-c3ccc(F)cc3)c3cc(-c4nc5ccccc5c5ccccc45)ccc23)cc1. The van der Waals surface area contributed by atoms with Gasteiger partial charge in [-0.3, -0.25) is 0 Å². The normalized spacial score (nSPS) is 11.6. The summed E-state index contributed by atoms with van der Waals surface area (Å²) < 4.78 is 28.1. The standard InChI is InChI=1S/C39H23F2N/c40-27-18-13-24(14-19-27)37-31-9-2-3-10-32(31)38(25-15-20-28(41)21-16-25)35-23-26(17-22-33(35)37)39-34-11-4-1-7-29(34)30-8-5-6-12-36(30)42-39/h1-23H. The zero-order valence-electron chi connectivity index (χ0n) is 22.5. The average molecular weight is 544 g/mol. The molecule has 0 unspecified atom stereocenters. The fraction of sp³-hybridized carbons (Fsp3) is 0. The molecule has 0 radical (unpaired) electrons. The topological polar surface area (TPSA) is 12.9 Å². The van der Waals surface area contributed by atoms with Crippen LogP contribution < -0.4 is 0 Å². The fourth-order valence-corrected chi connectivity index (χ4v) is 6.30. The molecule has 0 aliphatic rings. The molecular formula is C39H23F2N. The maximum atomic E-state index is 14.1. The second kappa shape index (κ2) is 9.60. The van der Waals surface area contributed by atoms with E-state index in [1.807, 2.05) is 54.6 Å². The van der Waals surface area contributed by atoms with E-state index in [4.69, 9.17) is 4.98 Å². The third kappa shape index (κ3) is 3.86. The Morgan fingerprint density at radius 3 is 1.43 bits per heavy atom. The molecule has 8 rings (SSSR count). The second-order valence-corrected chi connectivity index (χ2v) is 10.6. The minimum Gasteiger partial charge on any atom is -0.247 e. The van der Waals surface area contributed by atoms with Crippen molar-refractivity contribution in [3.05, 3.63) is 151 Å². The van der Waals surface area contributed by atoms with Gasteiger partial charge in [-0.25, -0.2) is 13.8 Å². The molecule has 1 heterocycles. The Kier molecular flexibility index (Phi) is 5.58. The van der Waals surface area contributed by atoms with Crippen LogP contribution in [0.3, 0.4) is 0 Å². The molecular weight excluding hydrogens is 520 g/mol. The Labute approximate surface area is 241 Å². The molecule has 1 aromatic heterocycles. The largest absolute Gasteiger partial charge is 0.247 e. The summed E-state index contributed by atoms with van der Waals surface area (Å²) in [7, 11) is 0. The summed E-state index contributed by atoms with van der Waals surface area (Å²) >= 11 is 0. The second-order valence-electron chi connectivity index (χ2n) is 10.6. The summed E-state index contributed by atoms with van der Waals surface area (Å²) in [5.41, 5.74) is 6.77. The number of aromatic nitrogens is 1. The highest BCUT2D eigenvalue weighted by molar-refractivity contribution is 6.22. The van der Waals surface area contributed by atoms with Gasteiger partial charge >= 0.3 is 0 Å². The number of hydrogen-bond donors (Lipinski definition) is 0. The first-order chi connectivity index (χ1) is 20.7. The fourth-order valence-electron chi connectivity index (χ4n) is 6.30. The lowest BCUT2D eigenvalue weighted by Gasteiger charge is -2.19. The lowest BCUT2D eigenvalue weighted by molar-refractivity contribution is 0.627. The minimum atomic E-state index is -0.275. The number of halogens is 2. The monoisotopic (exact) mass is 543 g/mol. The highest BCUT2D eigenvalue weighted by Crippen LogP contribution is 2.45. The van der Waals surface area contributed by atoms with E-state index in [1.54, 1.807) is 0 Å². The molecule has 198 valence electrons. The van der Waals surface area contributed by atoms with E-state index in [0.717, 1.165) is 76.7 Å². The zero-order chi connectivity index (χ0) is 28.2. The van der Waals surface area contributed by atoms with Gasteiger partial charge in [-0.05, 0) is 85.6 Å². The molecule has 1 nitrogen and oxygen atoms in total. The Morgan fingerprint density at radius 1 is 0.357 bits per heavy atom. The van der Waals surface area contributed by atoms with Gasteiger partial charge in [0, 0.05) is 16.3 Å². The molecule has 0 bridgehead atoms. The van der Waals surface area contributed by atoms with E-state index in [1.165, 1.54) is 24.3 Å². The van der Waals surface area contributed by atoms with Gasteiger partial charge in [0.25, 0.3) is 0 Å². The summed E-state index contributed by atoms with van der Waals surface area (Å²) in [6, 6.07) is 44.7. The Bertz CT molecular complexity index is 2300. The molecule has 0 aliphatic heterocycles. The number of benzene rings is 7. The number of para-hydroxylation sites is 1. The van der Waals surface area contributed by atoms with Crippen LogP contribution in [0.25, 0.3) is 76.7 Å². The van der Waals surface area contributed by atoms with Gasteiger partial charge in [0.2, 0.25) is 0 Å². The van der Waals surface area contributed by atoms with Crippen molar-refractivity contribution in [2.75, 3.05) is 0 Å². The lowest BCUT2D eigenvalue weighted by Crippen LogP contribution is -1.93. The molecule has 0 N–H and O–H groups in total.